The first-order chi connectivity index (χ1) is 9.76. The van der Waals surface area contributed by atoms with Gasteiger partial charge >= 0.3 is 0 Å². The van der Waals surface area contributed by atoms with Crippen molar-refractivity contribution in [1.82, 2.24) is 9.97 Å². The van der Waals surface area contributed by atoms with E-state index in [1.165, 1.54) is 11.1 Å². The van der Waals surface area contributed by atoms with Gasteiger partial charge < -0.3 is 15.4 Å². The van der Waals surface area contributed by atoms with Crippen LogP contribution in [0.2, 0.25) is 0 Å². The Labute approximate surface area is 123 Å². The van der Waals surface area contributed by atoms with Crippen LogP contribution in [-0.4, -0.2) is 23.6 Å². The van der Waals surface area contributed by atoms with Crippen LogP contribution in [0.25, 0.3) is 0 Å². The van der Waals surface area contributed by atoms with Gasteiger partial charge in [0.05, 0.1) is 7.11 Å². The maximum atomic E-state index is 5.43. The summed E-state index contributed by atoms with van der Waals surface area (Å²) in [6, 6.07) is 0. The van der Waals surface area contributed by atoms with Gasteiger partial charge in [-0.2, -0.15) is 11.3 Å². The Morgan fingerprint density at radius 2 is 1.95 bits per heavy atom. The van der Waals surface area contributed by atoms with E-state index in [0.29, 0.717) is 11.6 Å². The summed E-state index contributed by atoms with van der Waals surface area (Å²) in [4.78, 5) is 8.49. The molecule has 0 aliphatic rings. The molecule has 0 unspecified atom stereocenters. The van der Waals surface area contributed by atoms with E-state index in [1.54, 1.807) is 24.8 Å². The average molecular weight is 292 g/mol. The van der Waals surface area contributed by atoms with Crippen LogP contribution in [0.1, 0.15) is 24.5 Å². The molecule has 20 heavy (non-hydrogen) atoms. The van der Waals surface area contributed by atoms with Gasteiger partial charge in [-0.25, -0.2) is 9.97 Å². The van der Waals surface area contributed by atoms with E-state index in [-0.39, 0.29) is 0 Å². The number of rotatable bonds is 7. The quantitative estimate of drug-likeness (QED) is 0.820. The van der Waals surface area contributed by atoms with Crippen LogP contribution in [0.3, 0.4) is 0 Å². The van der Waals surface area contributed by atoms with Crippen molar-refractivity contribution in [3.63, 3.8) is 0 Å². The van der Waals surface area contributed by atoms with Crippen molar-refractivity contribution >= 4 is 23.0 Å². The first-order valence-electron chi connectivity index (χ1n) is 6.64. The van der Waals surface area contributed by atoms with E-state index >= 15 is 0 Å². The molecule has 2 rings (SSSR count). The Morgan fingerprint density at radius 3 is 2.55 bits per heavy atom. The third-order valence-electron chi connectivity index (χ3n) is 2.96. The first-order valence-corrected chi connectivity index (χ1v) is 7.59. The van der Waals surface area contributed by atoms with Crippen LogP contribution in [0.15, 0.2) is 17.1 Å². The molecule has 2 N–H and O–H groups in total. The molecule has 0 spiro atoms. The number of anilines is 2. The fraction of sp³-hybridized carbons (Fsp3) is 0.429. The van der Waals surface area contributed by atoms with Crippen LogP contribution in [0.4, 0.5) is 11.6 Å². The Bertz CT molecular complexity index is 556. The first kappa shape index (κ1) is 14.6. The standard InChI is InChI=1S/C14H20N4OS/c1-4-5-15-13-12(19-3)14(18-9-17-13)16-6-11-8-20-7-10(11)2/h7-9H,4-6H2,1-3H3,(H2,15,16,17,18). The molecule has 0 saturated heterocycles. The van der Waals surface area contributed by atoms with Gasteiger partial charge in [0.25, 0.3) is 0 Å². The second kappa shape index (κ2) is 7.09. The number of thiophene rings is 1. The maximum absolute atomic E-state index is 5.43. The van der Waals surface area contributed by atoms with Gasteiger partial charge in [0, 0.05) is 13.1 Å². The van der Waals surface area contributed by atoms with E-state index in [2.05, 4.69) is 45.2 Å². The molecule has 0 saturated carbocycles. The molecule has 2 heterocycles. The van der Waals surface area contributed by atoms with Crippen LogP contribution in [-0.2, 0) is 6.54 Å². The number of aryl methyl sites for hydroxylation is 1. The average Bonchev–Trinajstić information content (AvgIpc) is 2.88. The number of hydrogen-bond acceptors (Lipinski definition) is 6. The van der Waals surface area contributed by atoms with Crippen LogP contribution in [0, 0.1) is 6.92 Å². The summed E-state index contributed by atoms with van der Waals surface area (Å²) >= 11 is 1.71. The van der Waals surface area contributed by atoms with E-state index in [1.807, 2.05) is 0 Å². The molecule has 0 bridgehead atoms. The fourth-order valence-corrected chi connectivity index (χ4v) is 2.67. The second-order valence-corrected chi connectivity index (χ2v) is 5.21. The normalized spacial score (nSPS) is 10.3. The number of hydrogen-bond donors (Lipinski definition) is 2. The number of aromatic nitrogens is 2. The van der Waals surface area contributed by atoms with Gasteiger partial charge in [-0.15, -0.1) is 0 Å². The predicted molar refractivity (Wildman–Crippen MR) is 83.7 cm³/mol. The summed E-state index contributed by atoms with van der Waals surface area (Å²) in [5.41, 5.74) is 2.57. The van der Waals surface area contributed by atoms with Crippen molar-refractivity contribution in [2.75, 3.05) is 24.3 Å². The lowest BCUT2D eigenvalue weighted by Gasteiger charge is -2.13. The monoisotopic (exact) mass is 292 g/mol. The van der Waals surface area contributed by atoms with Gasteiger partial charge in [0.15, 0.2) is 11.6 Å². The Balaban J connectivity index is 2.12. The molecule has 2 aromatic rings. The van der Waals surface area contributed by atoms with E-state index in [4.69, 9.17) is 4.74 Å². The lowest BCUT2D eigenvalue weighted by atomic mass is 10.2. The van der Waals surface area contributed by atoms with Gasteiger partial charge in [0.1, 0.15) is 6.33 Å². The molecule has 0 aromatic carbocycles. The Kier molecular flexibility index (Phi) is 5.17. The largest absolute Gasteiger partial charge is 0.490 e. The van der Waals surface area contributed by atoms with Crippen molar-refractivity contribution in [3.8, 4) is 5.75 Å². The Morgan fingerprint density at radius 1 is 1.20 bits per heavy atom. The smallest absolute Gasteiger partial charge is 0.204 e. The summed E-state index contributed by atoms with van der Waals surface area (Å²) < 4.78 is 5.43. The summed E-state index contributed by atoms with van der Waals surface area (Å²) in [6.07, 6.45) is 2.58. The van der Waals surface area contributed by atoms with E-state index in [9.17, 15) is 0 Å². The molecule has 0 radical (unpaired) electrons. The van der Waals surface area contributed by atoms with E-state index in [0.717, 1.165) is 25.3 Å². The summed E-state index contributed by atoms with van der Waals surface area (Å²) in [5.74, 6) is 2.11. The molecular weight excluding hydrogens is 272 g/mol. The maximum Gasteiger partial charge on any atom is 0.204 e. The SMILES string of the molecule is CCCNc1ncnc(NCc2cscc2C)c1OC. The molecular formula is C14H20N4OS. The number of nitrogens with zero attached hydrogens (tertiary/aromatic N) is 2. The highest BCUT2D eigenvalue weighted by molar-refractivity contribution is 7.08. The molecule has 0 aliphatic heterocycles. The topological polar surface area (TPSA) is 59.1 Å². The Hall–Kier alpha value is -1.82. The third-order valence-corrected chi connectivity index (χ3v) is 3.87. The number of methoxy groups -OCH3 is 1. The minimum absolute atomic E-state index is 0.661. The molecule has 0 amide bonds. The van der Waals surface area contributed by atoms with Gasteiger partial charge in [-0.05, 0) is 35.2 Å². The lowest BCUT2D eigenvalue weighted by Crippen LogP contribution is -2.09. The fourth-order valence-electron chi connectivity index (χ4n) is 1.81. The van der Waals surface area contributed by atoms with Crippen molar-refractivity contribution in [2.45, 2.75) is 26.8 Å². The minimum Gasteiger partial charge on any atom is -0.490 e. The van der Waals surface area contributed by atoms with Crippen LogP contribution in [0.5, 0.6) is 5.75 Å². The summed E-state index contributed by atoms with van der Waals surface area (Å²) in [5, 5.41) is 10.8. The van der Waals surface area contributed by atoms with Crippen molar-refractivity contribution in [2.24, 2.45) is 0 Å². The molecule has 0 fully saturated rings. The highest BCUT2D eigenvalue weighted by Crippen LogP contribution is 2.29. The van der Waals surface area contributed by atoms with Gasteiger partial charge in [-0.1, -0.05) is 6.92 Å². The molecule has 108 valence electrons. The third kappa shape index (κ3) is 3.39. The molecule has 0 aliphatic carbocycles. The zero-order valence-corrected chi connectivity index (χ0v) is 12.9. The summed E-state index contributed by atoms with van der Waals surface area (Å²) in [7, 11) is 1.64. The van der Waals surface area contributed by atoms with Crippen molar-refractivity contribution < 1.29 is 4.74 Å². The van der Waals surface area contributed by atoms with Crippen LogP contribution < -0.4 is 15.4 Å². The molecule has 0 atom stereocenters. The second-order valence-electron chi connectivity index (χ2n) is 4.46. The van der Waals surface area contributed by atoms with Crippen molar-refractivity contribution in [3.05, 3.63) is 28.2 Å². The zero-order valence-electron chi connectivity index (χ0n) is 12.1. The highest BCUT2D eigenvalue weighted by atomic mass is 32.1. The number of nitrogens with one attached hydrogen (secondary N) is 2. The molecule has 2 aromatic heterocycles. The predicted octanol–water partition coefficient (Wildman–Crippen LogP) is 3.29. The van der Waals surface area contributed by atoms with Gasteiger partial charge in [0.2, 0.25) is 5.75 Å². The molecule has 5 nitrogen and oxygen atoms in total. The zero-order chi connectivity index (χ0) is 14.4. The van der Waals surface area contributed by atoms with Crippen molar-refractivity contribution in [1.29, 1.82) is 0 Å². The van der Waals surface area contributed by atoms with Gasteiger partial charge in [-0.3, -0.25) is 0 Å². The van der Waals surface area contributed by atoms with E-state index < -0.39 is 0 Å². The summed E-state index contributed by atoms with van der Waals surface area (Å²) in [6.45, 7) is 5.81. The highest BCUT2D eigenvalue weighted by Gasteiger charge is 2.11. The minimum atomic E-state index is 0.661. The number of ether oxygens (including phenoxy) is 1. The van der Waals surface area contributed by atoms with Crippen LogP contribution >= 0.6 is 11.3 Å². The lowest BCUT2D eigenvalue weighted by molar-refractivity contribution is 0.414. The molecule has 6 heteroatoms.